The van der Waals surface area contributed by atoms with Crippen LogP contribution >= 0.6 is 0 Å². The Morgan fingerprint density at radius 1 is 1.03 bits per heavy atom. The fourth-order valence-corrected chi connectivity index (χ4v) is 3.30. The van der Waals surface area contributed by atoms with E-state index in [4.69, 9.17) is 0 Å². The van der Waals surface area contributed by atoms with E-state index in [0.29, 0.717) is 17.3 Å². The molecule has 3 N–H and O–H groups in total. The van der Waals surface area contributed by atoms with Crippen LogP contribution in [0.15, 0.2) is 55.0 Å². The van der Waals surface area contributed by atoms with Gasteiger partial charge >= 0.3 is 0 Å². The highest BCUT2D eigenvalue weighted by Crippen LogP contribution is 2.27. The third kappa shape index (κ3) is 4.49. The second-order valence-electron chi connectivity index (χ2n) is 7.66. The van der Waals surface area contributed by atoms with Gasteiger partial charge in [0.2, 0.25) is 5.95 Å². The summed E-state index contributed by atoms with van der Waals surface area (Å²) in [6, 6.07) is 14.0. The van der Waals surface area contributed by atoms with Gasteiger partial charge in [0.05, 0.1) is 24.7 Å². The topological polar surface area (TPSA) is 101 Å². The van der Waals surface area contributed by atoms with Crippen molar-refractivity contribution in [2.75, 3.05) is 17.2 Å². The van der Waals surface area contributed by atoms with E-state index < -0.39 is 0 Å². The molecule has 0 aliphatic rings. The summed E-state index contributed by atoms with van der Waals surface area (Å²) >= 11 is 0. The number of pyridine rings is 1. The molecule has 31 heavy (non-hydrogen) atoms. The number of fused-ring (bicyclic) bond motifs is 1. The van der Waals surface area contributed by atoms with E-state index in [1.165, 1.54) is 0 Å². The molecule has 0 fully saturated rings. The lowest BCUT2D eigenvalue weighted by Gasteiger charge is -2.16. The van der Waals surface area contributed by atoms with Crippen molar-refractivity contribution in [3.05, 3.63) is 55.0 Å². The lowest BCUT2D eigenvalue weighted by Crippen LogP contribution is -2.24. The summed E-state index contributed by atoms with van der Waals surface area (Å²) in [6.07, 6.45) is 4.33. The van der Waals surface area contributed by atoms with Crippen LogP contribution in [0.4, 0.5) is 17.5 Å². The highest BCUT2D eigenvalue weighted by molar-refractivity contribution is 5.86. The van der Waals surface area contributed by atoms with Crippen molar-refractivity contribution in [2.24, 2.45) is 0 Å². The maximum absolute atomic E-state index is 9.57. The minimum absolute atomic E-state index is 0.0130. The molecule has 3 heterocycles. The first-order valence-corrected chi connectivity index (χ1v) is 10.5. The van der Waals surface area contributed by atoms with Gasteiger partial charge in [-0.05, 0) is 44.5 Å². The quantitative estimate of drug-likeness (QED) is 0.391. The third-order valence-electron chi connectivity index (χ3n) is 5.13. The van der Waals surface area contributed by atoms with Crippen LogP contribution in [0.2, 0.25) is 0 Å². The predicted octanol–water partition coefficient (Wildman–Crippen LogP) is 4.40. The largest absolute Gasteiger partial charge is 0.394 e. The van der Waals surface area contributed by atoms with Crippen molar-refractivity contribution < 1.29 is 5.11 Å². The molecule has 0 unspecified atom stereocenters. The SMILES string of the molecule is CC[C@H](CO)Nc1nc(Nc2ccc(-c3ccccn3)cc2)c2ncn(C(C)C)c2n1. The van der Waals surface area contributed by atoms with Crippen LogP contribution in [0.25, 0.3) is 22.4 Å². The Morgan fingerprint density at radius 2 is 1.84 bits per heavy atom. The highest BCUT2D eigenvalue weighted by Gasteiger charge is 2.16. The molecule has 0 amide bonds. The molecule has 4 aromatic rings. The molecule has 3 aromatic heterocycles. The van der Waals surface area contributed by atoms with E-state index in [9.17, 15) is 5.11 Å². The van der Waals surface area contributed by atoms with Crippen LogP contribution < -0.4 is 10.6 Å². The van der Waals surface area contributed by atoms with Crippen molar-refractivity contribution in [3.8, 4) is 11.3 Å². The Morgan fingerprint density at radius 3 is 2.48 bits per heavy atom. The minimum Gasteiger partial charge on any atom is -0.394 e. The molecule has 8 heteroatoms. The van der Waals surface area contributed by atoms with Crippen molar-refractivity contribution in [2.45, 2.75) is 39.3 Å². The molecular formula is C23H27N7O. The number of nitrogens with one attached hydrogen (secondary N) is 2. The number of benzene rings is 1. The van der Waals surface area contributed by atoms with Gasteiger partial charge in [-0.25, -0.2) is 4.98 Å². The fourth-order valence-electron chi connectivity index (χ4n) is 3.30. The number of rotatable bonds is 8. The van der Waals surface area contributed by atoms with E-state index in [1.54, 1.807) is 12.5 Å². The minimum atomic E-state index is -0.113. The van der Waals surface area contributed by atoms with E-state index in [-0.39, 0.29) is 18.7 Å². The lowest BCUT2D eigenvalue weighted by molar-refractivity contribution is 0.271. The second-order valence-corrected chi connectivity index (χ2v) is 7.66. The summed E-state index contributed by atoms with van der Waals surface area (Å²) in [7, 11) is 0. The number of nitrogens with zero attached hydrogens (tertiary/aromatic N) is 5. The summed E-state index contributed by atoms with van der Waals surface area (Å²) in [5.74, 6) is 1.08. The molecule has 0 spiro atoms. The average molecular weight is 418 g/mol. The first kappa shape index (κ1) is 20.7. The number of aromatic nitrogens is 5. The highest BCUT2D eigenvalue weighted by atomic mass is 16.3. The van der Waals surface area contributed by atoms with Crippen LogP contribution in [0, 0.1) is 0 Å². The zero-order valence-electron chi connectivity index (χ0n) is 17.9. The lowest BCUT2D eigenvalue weighted by atomic mass is 10.1. The summed E-state index contributed by atoms with van der Waals surface area (Å²) in [4.78, 5) is 18.3. The number of aliphatic hydroxyl groups excluding tert-OH is 1. The molecule has 160 valence electrons. The van der Waals surface area contributed by atoms with Gasteiger partial charge in [0.1, 0.15) is 0 Å². The number of imidazole rings is 1. The van der Waals surface area contributed by atoms with Crippen LogP contribution in [0.1, 0.15) is 33.2 Å². The van der Waals surface area contributed by atoms with Gasteiger partial charge in [0.15, 0.2) is 17.0 Å². The molecule has 0 aliphatic heterocycles. The maximum Gasteiger partial charge on any atom is 0.227 e. The summed E-state index contributed by atoms with van der Waals surface area (Å²) in [6.45, 7) is 6.19. The molecule has 0 aliphatic carbocycles. The van der Waals surface area contributed by atoms with Crippen LogP contribution in [-0.2, 0) is 0 Å². The van der Waals surface area contributed by atoms with Gasteiger partial charge in [0, 0.05) is 23.5 Å². The summed E-state index contributed by atoms with van der Waals surface area (Å²) < 4.78 is 2.01. The van der Waals surface area contributed by atoms with Crippen molar-refractivity contribution >= 4 is 28.6 Å². The molecule has 1 aromatic carbocycles. The van der Waals surface area contributed by atoms with Gasteiger partial charge in [0.25, 0.3) is 0 Å². The fraction of sp³-hybridized carbons (Fsp3) is 0.304. The molecule has 0 saturated carbocycles. The average Bonchev–Trinajstić information content (AvgIpc) is 3.23. The molecule has 0 saturated heterocycles. The first-order valence-electron chi connectivity index (χ1n) is 10.5. The van der Waals surface area contributed by atoms with Crippen LogP contribution in [0.5, 0.6) is 0 Å². The first-order chi connectivity index (χ1) is 15.1. The molecule has 0 radical (unpaired) electrons. The van der Waals surface area contributed by atoms with Gasteiger partial charge in [-0.15, -0.1) is 0 Å². The Hall–Kier alpha value is -3.52. The van der Waals surface area contributed by atoms with E-state index in [0.717, 1.165) is 29.0 Å². The Kier molecular flexibility index (Phi) is 6.08. The standard InChI is InChI=1S/C23H27N7O/c1-4-17(13-31)27-23-28-21(20-22(29-23)30(14-25-20)15(2)3)26-18-10-8-16(9-11-18)19-7-5-6-12-24-19/h5-12,14-15,17,31H,4,13H2,1-3H3,(H2,26,27,28,29)/t17-/m1/s1. The number of aliphatic hydroxyl groups is 1. The van der Waals surface area contributed by atoms with Crippen molar-refractivity contribution in [1.29, 1.82) is 0 Å². The van der Waals surface area contributed by atoms with Crippen molar-refractivity contribution in [1.82, 2.24) is 24.5 Å². The van der Waals surface area contributed by atoms with Gasteiger partial charge < -0.3 is 20.3 Å². The Labute approximate surface area is 181 Å². The number of hydrogen-bond acceptors (Lipinski definition) is 7. The Balaban J connectivity index is 1.68. The number of anilines is 3. The smallest absolute Gasteiger partial charge is 0.227 e. The predicted molar refractivity (Wildman–Crippen MR) is 123 cm³/mol. The molecule has 0 bridgehead atoms. The van der Waals surface area contributed by atoms with E-state index in [2.05, 4.69) is 44.4 Å². The van der Waals surface area contributed by atoms with Crippen LogP contribution in [-0.4, -0.2) is 42.3 Å². The number of hydrogen-bond donors (Lipinski definition) is 3. The summed E-state index contributed by atoms with van der Waals surface area (Å²) in [5.41, 5.74) is 4.30. The normalized spacial score (nSPS) is 12.3. The maximum atomic E-state index is 9.57. The van der Waals surface area contributed by atoms with Crippen molar-refractivity contribution in [3.63, 3.8) is 0 Å². The van der Waals surface area contributed by atoms with Gasteiger partial charge in [-0.2, -0.15) is 9.97 Å². The third-order valence-corrected chi connectivity index (χ3v) is 5.13. The van der Waals surface area contributed by atoms with Gasteiger partial charge in [-0.1, -0.05) is 25.1 Å². The molecular weight excluding hydrogens is 390 g/mol. The monoisotopic (exact) mass is 417 g/mol. The molecule has 1 atom stereocenters. The summed E-state index contributed by atoms with van der Waals surface area (Å²) in [5, 5.41) is 16.2. The van der Waals surface area contributed by atoms with E-state index >= 15 is 0 Å². The van der Waals surface area contributed by atoms with E-state index in [1.807, 2.05) is 54.0 Å². The second kappa shape index (κ2) is 9.09. The van der Waals surface area contributed by atoms with Crippen LogP contribution in [0.3, 0.4) is 0 Å². The zero-order valence-corrected chi connectivity index (χ0v) is 17.9. The zero-order chi connectivity index (χ0) is 21.8. The Bertz CT molecular complexity index is 1140. The molecule has 8 nitrogen and oxygen atoms in total. The molecule has 4 rings (SSSR count). The van der Waals surface area contributed by atoms with Gasteiger partial charge in [-0.3, -0.25) is 4.98 Å².